The van der Waals surface area contributed by atoms with Crippen molar-refractivity contribution in [2.75, 3.05) is 13.1 Å². The number of amides is 1. The number of hydrogen-bond donors (Lipinski definition) is 2. The van der Waals surface area contributed by atoms with Crippen LogP contribution in [0.5, 0.6) is 0 Å². The molecule has 20 heavy (non-hydrogen) atoms. The predicted molar refractivity (Wildman–Crippen MR) is 83.2 cm³/mol. The van der Waals surface area contributed by atoms with Crippen LogP contribution in [0.3, 0.4) is 0 Å². The van der Waals surface area contributed by atoms with Crippen molar-refractivity contribution < 1.29 is 4.79 Å². The molecule has 1 heterocycles. The van der Waals surface area contributed by atoms with Crippen molar-refractivity contribution in [3.05, 3.63) is 33.8 Å². The number of benzene rings is 1. The van der Waals surface area contributed by atoms with E-state index in [1.54, 1.807) is 12.1 Å². The molecule has 0 saturated carbocycles. The van der Waals surface area contributed by atoms with Gasteiger partial charge in [0.1, 0.15) is 0 Å². The zero-order valence-corrected chi connectivity index (χ0v) is 13.3. The van der Waals surface area contributed by atoms with E-state index in [1.807, 2.05) is 13.0 Å². The highest BCUT2D eigenvalue weighted by molar-refractivity contribution is 6.42. The highest BCUT2D eigenvalue weighted by atomic mass is 35.5. The summed E-state index contributed by atoms with van der Waals surface area (Å²) in [5.41, 5.74) is 0.690. The second-order valence-electron chi connectivity index (χ2n) is 5.43. The summed E-state index contributed by atoms with van der Waals surface area (Å²) in [6, 6.07) is 5.38. The van der Waals surface area contributed by atoms with Crippen LogP contribution in [0.25, 0.3) is 0 Å². The Labute approximate surface area is 130 Å². The average Bonchev–Trinajstić information content (AvgIpc) is 2.91. The Kier molecular flexibility index (Phi) is 4.95. The third kappa shape index (κ3) is 3.11. The van der Waals surface area contributed by atoms with Crippen molar-refractivity contribution in [3.8, 4) is 0 Å². The van der Waals surface area contributed by atoms with Gasteiger partial charge in [0, 0.05) is 6.54 Å². The van der Waals surface area contributed by atoms with Gasteiger partial charge in [0.05, 0.1) is 21.5 Å². The number of hydrogen-bond acceptors (Lipinski definition) is 2. The molecule has 1 saturated heterocycles. The molecular weight excluding hydrogens is 295 g/mol. The summed E-state index contributed by atoms with van der Waals surface area (Å²) in [6.45, 7) is 5.69. The SMILES string of the molecule is CCC1(C(=O)NC(C)c2ccc(Cl)c(Cl)c2)CCNC1. The molecule has 1 aliphatic rings. The lowest BCUT2D eigenvalue weighted by Crippen LogP contribution is -2.43. The lowest BCUT2D eigenvalue weighted by molar-refractivity contribution is -0.131. The van der Waals surface area contributed by atoms with Gasteiger partial charge >= 0.3 is 0 Å². The highest BCUT2D eigenvalue weighted by Gasteiger charge is 2.39. The molecule has 0 aliphatic carbocycles. The van der Waals surface area contributed by atoms with E-state index in [2.05, 4.69) is 17.6 Å². The fourth-order valence-electron chi connectivity index (χ4n) is 2.61. The standard InChI is InChI=1S/C15H20Cl2N2O/c1-3-15(6-7-18-9-15)14(20)19-10(2)11-4-5-12(16)13(17)8-11/h4-5,8,10,18H,3,6-7,9H2,1-2H3,(H,19,20). The fourth-order valence-corrected chi connectivity index (χ4v) is 2.92. The zero-order valence-electron chi connectivity index (χ0n) is 11.8. The second kappa shape index (κ2) is 6.33. The molecule has 2 unspecified atom stereocenters. The second-order valence-corrected chi connectivity index (χ2v) is 6.24. The lowest BCUT2D eigenvalue weighted by Gasteiger charge is -2.27. The molecule has 1 amide bonds. The van der Waals surface area contributed by atoms with E-state index in [4.69, 9.17) is 23.2 Å². The Balaban J connectivity index is 2.08. The summed E-state index contributed by atoms with van der Waals surface area (Å²) in [4.78, 5) is 12.5. The van der Waals surface area contributed by atoms with Gasteiger partial charge in [-0.2, -0.15) is 0 Å². The van der Waals surface area contributed by atoms with Crippen LogP contribution in [-0.4, -0.2) is 19.0 Å². The third-order valence-electron chi connectivity index (χ3n) is 4.19. The molecule has 2 N–H and O–H groups in total. The van der Waals surface area contributed by atoms with Gasteiger partial charge in [-0.05, 0) is 44.0 Å². The van der Waals surface area contributed by atoms with Crippen LogP contribution >= 0.6 is 23.2 Å². The van der Waals surface area contributed by atoms with E-state index in [9.17, 15) is 4.79 Å². The first kappa shape index (κ1) is 15.6. The summed E-state index contributed by atoms with van der Waals surface area (Å²) in [6.07, 6.45) is 1.74. The summed E-state index contributed by atoms with van der Waals surface area (Å²) in [5.74, 6) is 0.114. The lowest BCUT2D eigenvalue weighted by atomic mass is 9.83. The summed E-state index contributed by atoms with van der Waals surface area (Å²) in [5, 5.41) is 7.41. The smallest absolute Gasteiger partial charge is 0.228 e. The maximum absolute atomic E-state index is 12.5. The van der Waals surface area contributed by atoms with Gasteiger partial charge in [0.2, 0.25) is 5.91 Å². The number of nitrogens with one attached hydrogen (secondary N) is 2. The molecule has 2 atom stereocenters. The van der Waals surface area contributed by atoms with Gasteiger partial charge in [-0.15, -0.1) is 0 Å². The Morgan fingerprint density at radius 2 is 2.20 bits per heavy atom. The van der Waals surface area contributed by atoms with Crippen LogP contribution in [0.15, 0.2) is 18.2 Å². The van der Waals surface area contributed by atoms with Crippen LogP contribution in [0.2, 0.25) is 10.0 Å². The normalized spacial score (nSPS) is 23.6. The van der Waals surface area contributed by atoms with Gasteiger partial charge in [0.25, 0.3) is 0 Å². The van der Waals surface area contributed by atoms with Crippen LogP contribution in [0.1, 0.15) is 38.3 Å². The zero-order chi connectivity index (χ0) is 14.8. The molecule has 110 valence electrons. The summed E-state index contributed by atoms with van der Waals surface area (Å²) in [7, 11) is 0. The molecule has 5 heteroatoms. The number of carbonyl (C=O) groups is 1. The third-order valence-corrected chi connectivity index (χ3v) is 4.93. The van der Waals surface area contributed by atoms with Crippen molar-refractivity contribution in [3.63, 3.8) is 0 Å². The van der Waals surface area contributed by atoms with Crippen molar-refractivity contribution in [2.24, 2.45) is 5.41 Å². The van der Waals surface area contributed by atoms with E-state index in [0.717, 1.165) is 31.5 Å². The van der Waals surface area contributed by atoms with Crippen LogP contribution < -0.4 is 10.6 Å². The molecule has 0 bridgehead atoms. The topological polar surface area (TPSA) is 41.1 Å². The van der Waals surface area contributed by atoms with Crippen LogP contribution in [0, 0.1) is 5.41 Å². The molecule has 1 aromatic carbocycles. The van der Waals surface area contributed by atoms with E-state index in [0.29, 0.717) is 10.0 Å². The van der Waals surface area contributed by atoms with E-state index in [-0.39, 0.29) is 17.4 Å². The van der Waals surface area contributed by atoms with Gasteiger partial charge < -0.3 is 10.6 Å². The first-order valence-corrected chi connectivity index (χ1v) is 7.71. The van der Waals surface area contributed by atoms with Gasteiger partial charge in [-0.25, -0.2) is 0 Å². The van der Waals surface area contributed by atoms with Crippen molar-refractivity contribution in [1.29, 1.82) is 0 Å². The molecule has 1 aromatic rings. The van der Waals surface area contributed by atoms with Crippen LogP contribution in [0.4, 0.5) is 0 Å². The minimum absolute atomic E-state index is 0.0821. The predicted octanol–water partition coefficient (Wildman–Crippen LogP) is 3.56. The minimum atomic E-state index is -0.273. The highest BCUT2D eigenvalue weighted by Crippen LogP contribution is 2.31. The molecule has 1 fully saturated rings. The summed E-state index contributed by atoms with van der Waals surface area (Å²) < 4.78 is 0. The first-order valence-electron chi connectivity index (χ1n) is 6.95. The summed E-state index contributed by atoms with van der Waals surface area (Å²) >= 11 is 11.9. The maximum atomic E-state index is 12.5. The van der Waals surface area contributed by atoms with Crippen molar-refractivity contribution in [1.82, 2.24) is 10.6 Å². The van der Waals surface area contributed by atoms with Gasteiger partial charge in [-0.3, -0.25) is 4.79 Å². The molecule has 3 nitrogen and oxygen atoms in total. The average molecular weight is 315 g/mol. The van der Waals surface area contributed by atoms with E-state index >= 15 is 0 Å². The number of halogens is 2. The Bertz CT molecular complexity index is 499. The molecule has 0 radical (unpaired) electrons. The number of rotatable bonds is 4. The maximum Gasteiger partial charge on any atom is 0.228 e. The van der Waals surface area contributed by atoms with E-state index in [1.165, 1.54) is 0 Å². The molecular formula is C15H20Cl2N2O. The Morgan fingerprint density at radius 3 is 2.75 bits per heavy atom. The first-order chi connectivity index (χ1) is 9.48. The molecule has 0 aromatic heterocycles. The number of carbonyl (C=O) groups excluding carboxylic acids is 1. The monoisotopic (exact) mass is 314 g/mol. The fraction of sp³-hybridized carbons (Fsp3) is 0.533. The minimum Gasteiger partial charge on any atom is -0.349 e. The van der Waals surface area contributed by atoms with Crippen molar-refractivity contribution >= 4 is 29.1 Å². The Hall–Kier alpha value is -0.770. The van der Waals surface area contributed by atoms with E-state index < -0.39 is 0 Å². The molecule has 1 aliphatic heterocycles. The largest absolute Gasteiger partial charge is 0.349 e. The van der Waals surface area contributed by atoms with Gasteiger partial charge in [0.15, 0.2) is 0 Å². The molecule has 0 spiro atoms. The van der Waals surface area contributed by atoms with Crippen LogP contribution in [-0.2, 0) is 4.79 Å². The Morgan fingerprint density at radius 1 is 1.45 bits per heavy atom. The van der Waals surface area contributed by atoms with Crippen molar-refractivity contribution in [2.45, 2.75) is 32.7 Å². The molecule has 2 rings (SSSR count). The quantitative estimate of drug-likeness (QED) is 0.892. The van der Waals surface area contributed by atoms with Gasteiger partial charge in [-0.1, -0.05) is 36.2 Å².